The second-order valence-electron chi connectivity index (χ2n) is 3.91. The monoisotopic (exact) mass is 247 g/mol. The van der Waals surface area contributed by atoms with Crippen molar-refractivity contribution in [3.8, 4) is 11.4 Å². The maximum atomic E-state index is 5.55. The van der Waals surface area contributed by atoms with E-state index in [9.17, 15) is 0 Å². The van der Waals surface area contributed by atoms with Crippen molar-refractivity contribution < 1.29 is 4.84 Å². The predicted molar refractivity (Wildman–Crippen MR) is 67.9 cm³/mol. The van der Waals surface area contributed by atoms with Gasteiger partial charge in [-0.3, -0.25) is 4.84 Å². The highest BCUT2D eigenvalue weighted by Gasteiger charge is 2.16. The van der Waals surface area contributed by atoms with Gasteiger partial charge >= 0.3 is 0 Å². The van der Waals surface area contributed by atoms with Gasteiger partial charge in [-0.15, -0.1) is 0 Å². The molecule has 0 radical (unpaired) electrons. The second-order valence-corrected chi connectivity index (χ2v) is 4.64. The quantitative estimate of drug-likeness (QED) is 0.818. The van der Waals surface area contributed by atoms with E-state index < -0.39 is 0 Å². The Morgan fingerprint density at radius 1 is 1.18 bits per heavy atom. The lowest BCUT2D eigenvalue weighted by Gasteiger charge is -2.24. The van der Waals surface area contributed by atoms with Crippen LogP contribution in [0.2, 0.25) is 0 Å². The van der Waals surface area contributed by atoms with Gasteiger partial charge in [0.1, 0.15) is 0 Å². The fraction of sp³-hybridized carbons (Fsp3) is 0.333. The molecule has 4 nitrogen and oxygen atoms in total. The molecule has 0 saturated carbocycles. The maximum absolute atomic E-state index is 5.55. The predicted octanol–water partition coefficient (Wildman–Crippen LogP) is 2.74. The number of hydroxylamine groups is 1. The second kappa shape index (κ2) is 4.81. The highest BCUT2D eigenvalue weighted by molar-refractivity contribution is 7.09. The van der Waals surface area contributed by atoms with Crippen molar-refractivity contribution in [2.75, 3.05) is 18.2 Å². The Bertz CT molecular complexity index is 480. The minimum Gasteiger partial charge on any atom is -0.271 e. The van der Waals surface area contributed by atoms with Gasteiger partial charge in [0.25, 0.3) is 0 Å². The van der Waals surface area contributed by atoms with E-state index in [0.29, 0.717) is 0 Å². The van der Waals surface area contributed by atoms with Crippen LogP contribution in [0.5, 0.6) is 0 Å². The molecule has 1 saturated heterocycles. The van der Waals surface area contributed by atoms with Gasteiger partial charge in [-0.1, -0.05) is 30.3 Å². The lowest BCUT2D eigenvalue weighted by Crippen LogP contribution is -2.29. The van der Waals surface area contributed by atoms with E-state index >= 15 is 0 Å². The zero-order chi connectivity index (χ0) is 11.5. The number of hydrogen-bond donors (Lipinski definition) is 0. The van der Waals surface area contributed by atoms with Gasteiger partial charge < -0.3 is 0 Å². The Morgan fingerprint density at radius 2 is 2.06 bits per heavy atom. The molecule has 1 aliphatic heterocycles. The number of anilines is 1. The van der Waals surface area contributed by atoms with Crippen LogP contribution in [0, 0.1) is 0 Å². The third kappa shape index (κ3) is 2.30. The Labute approximate surface area is 104 Å². The SMILES string of the molecule is c1ccc(-c2nsc(N3CCCCO3)n2)cc1. The van der Waals surface area contributed by atoms with Crippen LogP contribution in [-0.2, 0) is 4.84 Å². The maximum Gasteiger partial charge on any atom is 0.229 e. The molecule has 0 atom stereocenters. The zero-order valence-corrected chi connectivity index (χ0v) is 10.2. The Morgan fingerprint density at radius 3 is 2.82 bits per heavy atom. The van der Waals surface area contributed by atoms with Crippen molar-refractivity contribution in [2.24, 2.45) is 0 Å². The molecule has 88 valence electrons. The van der Waals surface area contributed by atoms with Gasteiger partial charge in [0.15, 0.2) is 5.82 Å². The van der Waals surface area contributed by atoms with Crippen LogP contribution in [0.4, 0.5) is 5.13 Å². The summed E-state index contributed by atoms with van der Waals surface area (Å²) in [4.78, 5) is 10.1. The van der Waals surface area contributed by atoms with Crippen LogP contribution in [0.3, 0.4) is 0 Å². The summed E-state index contributed by atoms with van der Waals surface area (Å²) < 4.78 is 4.37. The van der Waals surface area contributed by atoms with E-state index in [2.05, 4.69) is 9.36 Å². The van der Waals surface area contributed by atoms with Crippen molar-refractivity contribution in [3.63, 3.8) is 0 Å². The van der Waals surface area contributed by atoms with Crippen LogP contribution < -0.4 is 5.06 Å². The first kappa shape index (κ1) is 10.7. The molecule has 5 heteroatoms. The summed E-state index contributed by atoms with van der Waals surface area (Å²) in [6.45, 7) is 1.68. The number of benzene rings is 1. The van der Waals surface area contributed by atoms with E-state index in [-0.39, 0.29) is 0 Å². The average molecular weight is 247 g/mol. The van der Waals surface area contributed by atoms with Crippen molar-refractivity contribution >= 4 is 16.7 Å². The Balaban J connectivity index is 1.83. The van der Waals surface area contributed by atoms with Gasteiger partial charge in [-0.2, -0.15) is 9.36 Å². The Kier molecular flexibility index (Phi) is 3.02. The highest BCUT2D eigenvalue weighted by atomic mass is 32.1. The van der Waals surface area contributed by atoms with Crippen LogP contribution in [0.15, 0.2) is 30.3 Å². The minimum absolute atomic E-state index is 0.778. The van der Waals surface area contributed by atoms with Crippen LogP contribution in [0.1, 0.15) is 12.8 Å². The molecular formula is C12H13N3OS. The number of nitrogens with zero attached hydrogens (tertiary/aromatic N) is 3. The van der Waals surface area contributed by atoms with Crippen molar-refractivity contribution in [1.29, 1.82) is 0 Å². The molecule has 0 unspecified atom stereocenters. The van der Waals surface area contributed by atoms with Gasteiger partial charge in [0, 0.05) is 23.6 Å². The zero-order valence-electron chi connectivity index (χ0n) is 9.37. The largest absolute Gasteiger partial charge is 0.271 e. The fourth-order valence-electron chi connectivity index (χ4n) is 1.77. The normalized spacial score (nSPS) is 16.1. The molecular weight excluding hydrogens is 234 g/mol. The van der Waals surface area contributed by atoms with Gasteiger partial charge in [-0.25, -0.2) is 5.06 Å². The topological polar surface area (TPSA) is 38.2 Å². The summed E-state index contributed by atoms with van der Waals surface area (Å²) in [6.07, 6.45) is 2.28. The molecule has 0 N–H and O–H groups in total. The van der Waals surface area contributed by atoms with E-state index in [4.69, 9.17) is 4.84 Å². The first-order chi connectivity index (χ1) is 8.43. The highest BCUT2D eigenvalue weighted by Crippen LogP contribution is 2.25. The fourth-order valence-corrected chi connectivity index (χ4v) is 2.45. The summed E-state index contributed by atoms with van der Waals surface area (Å²) in [5, 5.41) is 2.71. The first-order valence-corrected chi connectivity index (χ1v) is 6.50. The molecule has 17 heavy (non-hydrogen) atoms. The lowest BCUT2D eigenvalue weighted by atomic mass is 10.2. The van der Waals surface area contributed by atoms with Crippen LogP contribution >= 0.6 is 11.5 Å². The number of rotatable bonds is 2. The standard InChI is InChI=1S/C12H13N3OS/c1-2-6-10(7-3-1)11-13-12(17-14-11)15-8-4-5-9-16-15/h1-3,6-7H,4-5,8-9H2. The van der Waals surface area contributed by atoms with E-state index in [1.165, 1.54) is 11.5 Å². The average Bonchev–Trinajstić information content (AvgIpc) is 2.90. The molecule has 1 aliphatic rings. The summed E-state index contributed by atoms with van der Waals surface area (Å²) in [7, 11) is 0. The minimum atomic E-state index is 0.778. The lowest BCUT2D eigenvalue weighted by molar-refractivity contribution is 0.0777. The molecule has 0 bridgehead atoms. The molecule has 1 aromatic heterocycles. The molecule has 2 heterocycles. The molecule has 2 aromatic rings. The molecule has 0 spiro atoms. The molecule has 0 amide bonds. The van der Waals surface area contributed by atoms with E-state index in [1.54, 1.807) is 0 Å². The first-order valence-electron chi connectivity index (χ1n) is 5.73. The van der Waals surface area contributed by atoms with Crippen molar-refractivity contribution in [2.45, 2.75) is 12.8 Å². The summed E-state index contributed by atoms with van der Waals surface area (Å²) >= 11 is 1.39. The van der Waals surface area contributed by atoms with Crippen LogP contribution in [0.25, 0.3) is 11.4 Å². The van der Waals surface area contributed by atoms with Gasteiger partial charge in [0.2, 0.25) is 5.13 Å². The van der Waals surface area contributed by atoms with E-state index in [0.717, 1.165) is 42.5 Å². The smallest absolute Gasteiger partial charge is 0.229 e. The molecule has 0 aliphatic carbocycles. The molecule has 3 rings (SSSR count). The third-order valence-electron chi connectivity index (χ3n) is 2.66. The molecule has 1 fully saturated rings. The number of aromatic nitrogens is 2. The summed E-state index contributed by atoms with van der Waals surface area (Å²) in [6, 6.07) is 10.0. The van der Waals surface area contributed by atoms with E-state index in [1.807, 2.05) is 35.4 Å². The third-order valence-corrected chi connectivity index (χ3v) is 3.39. The number of hydrogen-bond acceptors (Lipinski definition) is 5. The Hall–Kier alpha value is -1.46. The van der Waals surface area contributed by atoms with Gasteiger partial charge in [0.05, 0.1) is 6.61 Å². The summed E-state index contributed by atoms with van der Waals surface area (Å²) in [5.74, 6) is 0.778. The summed E-state index contributed by atoms with van der Waals surface area (Å²) in [5.41, 5.74) is 1.05. The molecule has 1 aromatic carbocycles. The van der Waals surface area contributed by atoms with Crippen molar-refractivity contribution in [1.82, 2.24) is 9.36 Å². The van der Waals surface area contributed by atoms with Gasteiger partial charge in [-0.05, 0) is 12.8 Å². The van der Waals surface area contributed by atoms with Crippen molar-refractivity contribution in [3.05, 3.63) is 30.3 Å². The van der Waals surface area contributed by atoms with Crippen LogP contribution in [-0.4, -0.2) is 22.5 Å².